The molecule has 1 saturated carbocycles. The Morgan fingerprint density at radius 1 is 1.47 bits per heavy atom. The van der Waals surface area contributed by atoms with E-state index in [9.17, 15) is 4.39 Å². The lowest BCUT2D eigenvalue weighted by atomic mass is 9.77. The van der Waals surface area contributed by atoms with Crippen molar-refractivity contribution in [2.45, 2.75) is 32.2 Å². The van der Waals surface area contributed by atoms with Crippen LogP contribution < -0.4 is 11.3 Å². The summed E-state index contributed by atoms with van der Waals surface area (Å²) in [6, 6.07) is 5.47. The second-order valence-electron chi connectivity index (χ2n) is 4.31. The molecule has 1 fully saturated rings. The molecule has 0 bridgehead atoms. The molecule has 1 aromatic carbocycles. The molecule has 0 spiro atoms. The normalized spacial score (nSPS) is 18.6. The Morgan fingerprint density at radius 2 is 2.20 bits per heavy atom. The first-order valence-electron chi connectivity index (χ1n) is 5.45. The molecule has 0 aliphatic heterocycles. The second kappa shape index (κ2) is 4.29. The molecule has 1 aliphatic rings. The van der Waals surface area contributed by atoms with Gasteiger partial charge in [0.05, 0.1) is 6.04 Å². The number of benzene rings is 1. The molecule has 0 heterocycles. The van der Waals surface area contributed by atoms with Gasteiger partial charge >= 0.3 is 0 Å². The van der Waals surface area contributed by atoms with Gasteiger partial charge in [0.2, 0.25) is 0 Å². The Balaban J connectivity index is 2.29. The zero-order valence-corrected chi connectivity index (χ0v) is 8.96. The SMILES string of the molecule is Cc1cccc(C(NN)C2CCC2)c1F. The molecule has 15 heavy (non-hydrogen) atoms. The van der Waals surface area contributed by atoms with E-state index < -0.39 is 0 Å². The minimum absolute atomic E-state index is 0.0290. The molecule has 1 aliphatic carbocycles. The van der Waals surface area contributed by atoms with E-state index >= 15 is 0 Å². The van der Waals surface area contributed by atoms with Gasteiger partial charge in [-0.25, -0.2) is 4.39 Å². The van der Waals surface area contributed by atoms with Crippen molar-refractivity contribution in [2.75, 3.05) is 0 Å². The van der Waals surface area contributed by atoms with Gasteiger partial charge in [-0.05, 0) is 31.2 Å². The van der Waals surface area contributed by atoms with Gasteiger partial charge in [-0.1, -0.05) is 24.6 Å². The molecule has 82 valence electrons. The lowest BCUT2D eigenvalue weighted by Gasteiger charge is -2.33. The Kier molecular flexibility index (Phi) is 3.03. The summed E-state index contributed by atoms with van der Waals surface area (Å²) in [5, 5.41) is 0. The van der Waals surface area contributed by atoms with E-state index in [2.05, 4.69) is 5.43 Å². The van der Waals surface area contributed by atoms with Gasteiger partial charge in [0.15, 0.2) is 0 Å². The van der Waals surface area contributed by atoms with Gasteiger partial charge in [-0.2, -0.15) is 0 Å². The van der Waals surface area contributed by atoms with Crippen LogP contribution in [0.25, 0.3) is 0 Å². The fourth-order valence-corrected chi connectivity index (χ4v) is 2.16. The van der Waals surface area contributed by atoms with Crippen LogP contribution in [-0.2, 0) is 0 Å². The molecule has 1 atom stereocenters. The van der Waals surface area contributed by atoms with E-state index in [0.717, 1.165) is 12.8 Å². The third kappa shape index (κ3) is 1.90. The summed E-state index contributed by atoms with van der Waals surface area (Å²) < 4.78 is 13.9. The van der Waals surface area contributed by atoms with E-state index in [4.69, 9.17) is 5.84 Å². The van der Waals surface area contributed by atoms with Crippen LogP contribution >= 0.6 is 0 Å². The molecule has 2 nitrogen and oxygen atoms in total. The van der Waals surface area contributed by atoms with E-state index in [0.29, 0.717) is 17.0 Å². The minimum atomic E-state index is -0.118. The lowest BCUT2D eigenvalue weighted by molar-refractivity contribution is 0.228. The molecule has 0 radical (unpaired) electrons. The number of nitrogens with two attached hydrogens (primary N) is 1. The number of rotatable bonds is 3. The average Bonchev–Trinajstić information content (AvgIpc) is 2.16. The first-order valence-corrected chi connectivity index (χ1v) is 5.45. The van der Waals surface area contributed by atoms with Crippen molar-refractivity contribution in [1.29, 1.82) is 0 Å². The van der Waals surface area contributed by atoms with Crippen molar-refractivity contribution in [3.63, 3.8) is 0 Å². The highest BCUT2D eigenvalue weighted by Crippen LogP contribution is 2.38. The summed E-state index contributed by atoms with van der Waals surface area (Å²) in [7, 11) is 0. The van der Waals surface area contributed by atoms with Crippen LogP contribution in [-0.4, -0.2) is 0 Å². The molecular weight excluding hydrogens is 191 g/mol. The molecule has 1 aromatic rings. The van der Waals surface area contributed by atoms with Gasteiger partial charge in [-0.15, -0.1) is 0 Å². The first-order chi connectivity index (χ1) is 7.24. The first kappa shape index (κ1) is 10.6. The topological polar surface area (TPSA) is 38.0 Å². The van der Waals surface area contributed by atoms with Crippen LogP contribution in [0.4, 0.5) is 4.39 Å². The van der Waals surface area contributed by atoms with Crippen molar-refractivity contribution >= 4 is 0 Å². The third-order valence-electron chi connectivity index (χ3n) is 3.36. The van der Waals surface area contributed by atoms with Crippen molar-refractivity contribution in [3.8, 4) is 0 Å². The predicted molar refractivity (Wildman–Crippen MR) is 58.5 cm³/mol. The van der Waals surface area contributed by atoms with Gasteiger partial charge in [0.1, 0.15) is 5.82 Å². The van der Waals surface area contributed by atoms with Crippen molar-refractivity contribution in [3.05, 3.63) is 35.1 Å². The smallest absolute Gasteiger partial charge is 0.130 e. The molecule has 0 saturated heterocycles. The minimum Gasteiger partial charge on any atom is -0.271 e. The van der Waals surface area contributed by atoms with E-state index in [1.165, 1.54) is 6.42 Å². The Bertz CT molecular complexity index is 347. The maximum atomic E-state index is 13.9. The maximum Gasteiger partial charge on any atom is 0.130 e. The number of hydrogen-bond donors (Lipinski definition) is 2. The number of aryl methyl sites for hydroxylation is 1. The molecule has 0 aromatic heterocycles. The number of halogens is 1. The Hall–Kier alpha value is -0.930. The van der Waals surface area contributed by atoms with Crippen molar-refractivity contribution in [2.24, 2.45) is 11.8 Å². The Morgan fingerprint density at radius 3 is 2.73 bits per heavy atom. The van der Waals surface area contributed by atoms with E-state index in [-0.39, 0.29) is 11.9 Å². The van der Waals surface area contributed by atoms with Crippen LogP contribution in [0.3, 0.4) is 0 Å². The quantitative estimate of drug-likeness (QED) is 0.591. The fourth-order valence-electron chi connectivity index (χ4n) is 2.16. The maximum absolute atomic E-state index is 13.9. The summed E-state index contributed by atoms with van der Waals surface area (Å²) in [6.07, 6.45) is 3.51. The Labute approximate surface area is 89.6 Å². The molecule has 3 N–H and O–H groups in total. The monoisotopic (exact) mass is 208 g/mol. The van der Waals surface area contributed by atoms with Gasteiger partial charge < -0.3 is 0 Å². The molecule has 2 rings (SSSR count). The van der Waals surface area contributed by atoms with Crippen LogP contribution in [0.2, 0.25) is 0 Å². The van der Waals surface area contributed by atoms with Gasteiger partial charge in [0, 0.05) is 5.56 Å². The third-order valence-corrected chi connectivity index (χ3v) is 3.36. The zero-order valence-electron chi connectivity index (χ0n) is 8.96. The van der Waals surface area contributed by atoms with Crippen molar-refractivity contribution < 1.29 is 4.39 Å². The van der Waals surface area contributed by atoms with E-state index in [1.54, 1.807) is 13.0 Å². The van der Waals surface area contributed by atoms with Gasteiger partial charge in [0.25, 0.3) is 0 Å². The summed E-state index contributed by atoms with van der Waals surface area (Å²) in [6.45, 7) is 1.78. The second-order valence-corrected chi connectivity index (χ2v) is 4.31. The predicted octanol–water partition coefficient (Wildman–Crippen LogP) is 2.44. The number of hydrogen-bond acceptors (Lipinski definition) is 2. The summed E-state index contributed by atoms with van der Waals surface area (Å²) in [5.74, 6) is 5.89. The largest absolute Gasteiger partial charge is 0.271 e. The van der Waals surface area contributed by atoms with Crippen LogP contribution in [0.5, 0.6) is 0 Å². The highest BCUT2D eigenvalue weighted by atomic mass is 19.1. The standard InChI is InChI=1S/C12H17FN2/c1-8-4-2-7-10(11(8)13)12(15-14)9-5-3-6-9/h2,4,7,9,12,15H,3,5-6,14H2,1H3. The molecule has 0 amide bonds. The highest BCUT2D eigenvalue weighted by Gasteiger charge is 2.29. The lowest BCUT2D eigenvalue weighted by Crippen LogP contribution is -2.37. The van der Waals surface area contributed by atoms with Crippen LogP contribution in [0.15, 0.2) is 18.2 Å². The molecule has 1 unspecified atom stereocenters. The molecule has 3 heteroatoms. The summed E-state index contributed by atoms with van der Waals surface area (Å²) in [4.78, 5) is 0. The van der Waals surface area contributed by atoms with Gasteiger partial charge in [-0.3, -0.25) is 11.3 Å². The van der Waals surface area contributed by atoms with Crippen LogP contribution in [0, 0.1) is 18.7 Å². The van der Waals surface area contributed by atoms with E-state index in [1.807, 2.05) is 12.1 Å². The number of hydrazine groups is 1. The average molecular weight is 208 g/mol. The summed E-state index contributed by atoms with van der Waals surface area (Å²) in [5.41, 5.74) is 4.15. The summed E-state index contributed by atoms with van der Waals surface area (Å²) >= 11 is 0. The molecular formula is C12H17FN2. The zero-order chi connectivity index (χ0) is 10.8. The van der Waals surface area contributed by atoms with Crippen LogP contribution in [0.1, 0.15) is 36.4 Å². The fraction of sp³-hybridized carbons (Fsp3) is 0.500. The number of nitrogens with one attached hydrogen (secondary N) is 1. The van der Waals surface area contributed by atoms with Crippen molar-refractivity contribution in [1.82, 2.24) is 5.43 Å². The highest BCUT2D eigenvalue weighted by molar-refractivity contribution is 5.28.